The summed E-state index contributed by atoms with van der Waals surface area (Å²) in [6.07, 6.45) is 0. The average Bonchev–Trinajstić information content (AvgIpc) is 2.39. The van der Waals surface area contributed by atoms with Crippen molar-refractivity contribution < 1.29 is 23.4 Å². The summed E-state index contributed by atoms with van der Waals surface area (Å²) in [5.74, 6) is -0.223. The number of hydrogen-bond donors (Lipinski definition) is 2. The molecular weight excluding hydrogens is 270 g/mol. The summed E-state index contributed by atoms with van der Waals surface area (Å²) in [6.45, 7) is -0.992. The molecule has 0 radical (unpaired) electrons. The van der Waals surface area contributed by atoms with Gasteiger partial charge in [-0.05, 0) is 38.2 Å². The Morgan fingerprint density at radius 3 is 2.50 bits per heavy atom. The topological polar surface area (TPSA) is 61.8 Å². The summed E-state index contributed by atoms with van der Waals surface area (Å²) >= 11 is 0. The predicted octanol–water partition coefficient (Wildman–Crippen LogP) is 1.54. The zero-order valence-corrected chi connectivity index (χ0v) is 11.3. The van der Waals surface area contributed by atoms with E-state index >= 15 is 0 Å². The number of amides is 1. The van der Waals surface area contributed by atoms with Crippen LogP contribution in [0.1, 0.15) is 6.92 Å². The van der Waals surface area contributed by atoms with E-state index in [0.717, 1.165) is 0 Å². The number of alkyl halides is 2. The largest absolute Gasteiger partial charge is 0.435 e. The van der Waals surface area contributed by atoms with Crippen LogP contribution in [0.15, 0.2) is 24.3 Å². The molecule has 1 rings (SSSR count). The highest BCUT2D eigenvalue weighted by Crippen LogP contribution is 2.17. The van der Waals surface area contributed by atoms with E-state index in [2.05, 4.69) is 10.1 Å². The molecule has 1 aromatic rings. The van der Waals surface area contributed by atoms with Gasteiger partial charge in [0.25, 0.3) is 0 Å². The molecule has 5 nitrogen and oxygen atoms in total. The van der Waals surface area contributed by atoms with E-state index in [1.54, 1.807) is 18.9 Å². The molecule has 1 unspecified atom stereocenters. The molecular formula is C13H18F2N2O3. The normalized spacial score (nSPS) is 12.6. The minimum absolute atomic E-state index is 0.0315. The zero-order chi connectivity index (χ0) is 15.1. The maximum atomic E-state index is 12.0. The maximum Gasteiger partial charge on any atom is 0.387 e. The van der Waals surface area contributed by atoms with Gasteiger partial charge in [-0.15, -0.1) is 0 Å². The van der Waals surface area contributed by atoms with E-state index in [1.807, 2.05) is 0 Å². The fraction of sp³-hybridized carbons (Fsp3) is 0.462. The number of aliphatic hydroxyl groups excluding tert-OH is 1. The molecule has 20 heavy (non-hydrogen) atoms. The summed E-state index contributed by atoms with van der Waals surface area (Å²) in [6, 6.07) is 5.53. The predicted molar refractivity (Wildman–Crippen MR) is 70.9 cm³/mol. The Morgan fingerprint density at radius 1 is 1.40 bits per heavy atom. The molecule has 0 spiro atoms. The van der Waals surface area contributed by atoms with Crippen molar-refractivity contribution in [2.75, 3.05) is 25.5 Å². The van der Waals surface area contributed by atoms with Gasteiger partial charge in [0, 0.05) is 11.7 Å². The van der Waals surface area contributed by atoms with Crippen LogP contribution in [0.3, 0.4) is 0 Å². The van der Waals surface area contributed by atoms with Crippen molar-refractivity contribution in [3.05, 3.63) is 24.3 Å². The highest BCUT2D eigenvalue weighted by atomic mass is 19.3. The number of carbonyl (C=O) groups is 1. The van der Waals surface area contributed by atoms with Crippen molar-refractivity contribution in [1.82, 2.24) is 4.90 Å². The molecule has 112 valence electrons. The highest BCUT2D eigenvalue weighted by Gasteiger charge is 2.12. The fourth-order valence-corrected chi connectivity index (χ4v) is 1.44. The molecule has 2 N–H and O–H groups in total. The average molecular weight is 288 g/mol. The second-order valence-corrected chi connectivity index (χ2v) is 4.40. The van der Waals surface area contributed by atoms with E-state index in [-0.39, 0.29) is 30.9 Å². The number of nitrogens with one attached hydrogen (secondary N) is 1. The van der Waals surface area contributed by atoms with Crippen LogP contribution in [0.2, 0.25) is 0 Å². The van der Waals surface area contributed by atoms with Gasteiger partial charge in [0.05, 0.1) is 13.2 Å². The molecule has 1 atom stereocenters. The first-order valence-electron chi connectivity index (χ1n) is 6.08. The van der Waals surface area contributed by atoms with Crippen LogP contribution in [0.5, 0.6) is 5.75 Å². The first-order valence-corrected chi connectivity index (χ1v) is 6.08. The van der Waals surface area contributed by atoms with Gasteiger partial charge in [0.1, 0.15) is 5.75 Å². The molecule has 0 aliphatic carbocycles. The highest BCUT2D eigenvalue weighted by molar-refractivity contribution is 5.92. The SMILES string of the molecule is CC(CO)N(C)CC(=O)Nc1ccc(OC(F)F)cc1. The number of likely N-dealkylation sites (N-methyl/N-ethyl adjacent to an activating group) is 1. The number of benzene rings is 1. The monoisotopic (exact) mass is 288 g/mol. The Balaban J connectivity index is 2.50. The molecule has 7 heteroatoms. The van der Waals surface area contributed by atoms with Gasteiger partial charge in [-0.25, -0.2) is 0 Å². The lowest BCUT2D eigenvalue weighted by molar-refractivity contribution is -0.117. The second kappa shape index (κ2) is 7.76. The van der Waals surface area contributed by atoms with Crippen molar-refractivity contribution in [3.8, 4) is 5.75 Å². The third-order valence-electron chi connectivity index (χ3n) is 2.77. The van der Waals surface area contributed by atoms with Gasteiger partial charge in [-0.2, -0.15) is 8.78 Å². The van der Waals surface area contributed by atoms with Crippen molar-refractivity contribution in [2.45, 2.75) is 19.6 Å². The Labute approximate surface area is 116 Å². The number of anilines is 1. The third kappa shape index (κ3) is 5.50. The van der Waals surface area contributed by atoms with Crippen LogP contribution in [0.25, 0.3) is 0 Å². The summed E-state index contributed by atoms with van der Waals surface area (Å²) in [5.41, 5.74) is 0.488. The standard InChI is InChI=1S/C13H18F2N2O3/c1-9(8-18)17(2)7-12(19)16-10-3-5-11(6-4-10)20-13(14)15/h3-6,9,13,18H,7-8H2,1-2H3,(H,16,19). The van der Waals surface area contributed by atoms with Gasteiger partial charge in [-0.3, -0.25) is 9.69 Å². The molecule has 0 aliphatic rings. The van der Waals surface area contributed by atoms with Gasteiger partial charge in [0.15, 0.2) is 0 Å². The van der Waals surface area contributed by atoms with Crippen LogP contribution < -0.4 is 10.1 Å². The number of ether oxygens (including phenoxy) is 1. The number of rotatable bonds is 7. The molecule has 0 saturated heterocycles. The van der Waals surface area contributed by atoms with Crippen LogP contribution >= 0.6 is 0 Å². The lowest BCUT2D eigenvalue weighted by Gasteiger charge is -2.21. The zero-order valence-electron chi connectivity index (χ0n) is 11.3. The molecule has 1 amide bonds. The molecule has 0 fully saturated rings. The number of hydrogen-bond acceptors (Lipinski definition) is 4. The fourth-order valence-electron chi connectivity index (χ4n) is 1.44. The van der Waals surface area contributed by atoms with E-state index in [0.29, 0.717) is 5.69 Å². The molecule has 0 heterocycles. The lowest BCUT2D eigenvalue weighted by atomic mass is 10.3. The van der Waals surface area contributed by atoms with E-state index < -0.39 is 6.61 Å². The lowest BCUT2D eigenvalue weighted by Crippen LogP contribution is -2.38. The van der Waals surface area contributed by atoms with Crippen LogP contribution in [0.4, 0.5) is 14.5 Å². The number of nitrogens with zero attached hydrogens (tertiary/aromatic N) is 1. The Bertz CT molecular complexity index is 426. The Morgan fingerprint density at radius 2 is 2.00 bits per heavy atom. The van der Waals surface area contributed by atoms with Crippen LogP contribution in [-0.4, -0.2) is 48.8 Å². The second-order valence-electron chi connectivity index (χ2n) is 4.40. The van der Waals surface area contributed by atoms with Gasteiger partial charge in [-0.1, -0.05) is 0 Å². The van der Waals surface area contributed by atoms with Crippen molar-refractivity contribution in [3.63, 3.8) is 0 Å². The minimum Gasteiger partial charge on any atom is -0.435 e. The van der Waals surface area contributed by atoms with Crippen molar-refractivity contribution in [2.24, 2.45) is 0 Å². The smallest absolute Gasteiger partial charge is 0.387 e. The summed E-state index contributed by atoms with van der Waals surface area (Å²) in [7, 11) is 1.72. The third-order valence-corrected chi connectivity index (χ3v) is 2.77. The number of carbonyl (C=O) groups excluding carboxylic acids is 1. The molecule has 0 aliphatic heterocycles. The Hall–Kier alpha value is -1.73. The summed E-state index contributed by atoms with van der Waals surface area (Å²) < 4.78 is 28.1. The number of halogens is 2. The molecule has 0 bridgehead atoms. The van der Waals surface area contributed by atoms with Gasteiger partial charge >= 0.3 is 6.61 Å². The molecule has 0 aromatic heterocycles. The maximum absolute atomic E-state index is 12.0. The van der Waals surface area contributed by atoms with E-state index in [4.69, 9.17) is 5.11 Å². The van der Waals surface area contributed by atoms with Crippen molar-refractivity contribution in [1.29, 1.82) is 0 Å². The minimum atomic E-state index is -2.87. The van der Waals surface area contributed by atoms with Crippen LogP contribution in [-0.2, 0) is 4.79 Å². The first-order chi connectivity index (χ1) is 9.42. The Kier molecular flexibility index (Phi) is 6.33. The first kappa shape index (κ1) is 16.3. The summed E-state index contributed by atoms with van der Waals surface area (Å²) in [5, 5.41) is 11.6. The molecule has 1 aromatic carbocycles. The van der Waals surface area contributed by atoms with Gasteiger partial charge < -0.3 is 15.2 Å². The molecule has 0 saturated carbocycles. The summed E-state index contributed by atoms with van der Waals surface area (Å²) in [4.78, 5) is 13.4. The van der Waals surface area contributed by atoms with Gasteiger partial charge in [0.2, 0.25) is 5.91 Å². The van der Waals surface area contributed by atoms with Crippen LogP contribution in [0, 0.1) is 0 Å². The van der Waals surface area contributed by atoms with E-state index in [9.17, 15) is 13.6 Å². The van der Waals surface area contributed by atoms with Crippen molar-refractivity contribution >= 4 is 11.6 Å². The van der Waals surface area contributed by atoms with E-state index in [1.165, 1.54) is 24.3 Å². The number of aliphatic hydroxyl groups is 1. The quantitative estimate of drug-likeness (QED) is 0.799.